The third-order valence-electron chi connectivity index (χ3n) is 8.88. The van der Waals surface area contributed by atoms with Crippen LogP contribution in [0.1, 0.15) is 59.6 Å². The van der Waals surface area contributed by atoms with Crippen molar-refractivity contribution in [2.45, 2.75) is 57.9 Å². The van der Waals surface area contributed by atoms with Crippen molar-refractivity contribution in [1.82, 2.24) is 4.31 Å². The first kappa shape index (κ1) is 26.7. The summed E-state index contributed by atoms with van der Waals surface area (Å²) in [6.45, 7) is 15.3. The van der Waals surface area contributed by atoms with Gasteiger partial charge in [-0.1, -0.05) is 80.9 Å². The first-order chi connectivity index (χ1) is 18.1. The summed E-state index contributed by atoms with van der Waals surface area (Å²) < 4.78 is 36.6. The summed E-state index contributed by atoms with van der Waals surface area (Å²) in [5, 5.41) is 0. The summed E-state index contributed by atoms with van der Waals surface area (Å²) in [5.74, 6) is 1.13. The zero-order valence-electron chi connectivity index (χ0n) is 23.4. The molecule has 0 unspecified atom stereocenters. The molecule has 1 saturated heterocycles. The molecule has 1 aliphatic heterocycles. The molecule has 1 aliphatic carbocycles. The highest BCUT2D eigenvalue weighted by Crippen LogP contribution is 2.56. The van der Waals surface area contributed by atoms with E-state index in [4.69, 9.17) is 4.74 Å². The molecule has 0 aromatic heterocycles. The number of sulfonamides is 1. The van der Waals surface area contributed by atoms with E-state index in [2.05, 4.69) is 56.8 Å². The first-order valence-electron chi connectivity index (χ1n) is 13.6. The molecule has 4 nitrogen and oxygen atoms in total. The van der Waals surface area contributed by atoms with Gasteiger partial charge in [0, 0.05) is 24.4 Å². The van der Waals surface area contributed by atoms with Crippen LogP contribution in [0.25, 0.3) is 5.57 Å². The number of nitrogens with zero attached hydrogens (tertiary/aromatic N) is 1. The van der Waals surface area contributed by atoms with Gasteiger partial charge in [0.2, 0.25) is 10.0 Å². The lowest BCUT2D eigenvalue weighted by molar-refractivity contribution is 0.265. The zero-order chi connectivity index (χ0) is 27.4. The van der Waals surface area contributed by atoms with Crippen LogP contribution in [0.3, 0.4) is 0 Å². The van der Waals surface area contributed by atoms with Gasteiger partial charge in [-0.25, -0.2) is 8.42 Å². The van der Waals surface area contributed by atoms with Crippen LogP contribution < -0.4 is 4.74 Å². The van der Waals surface area contributed by atoms with Crippen molar-refractivity contribution in [2.24, 2.45) is 17.8 Å². The fourth-order valence-electron chi connectivity index (χ4n) is 7.20. The molecule has 0 N–H and O–H groups in total. The summed E-state index contributed by atoms with van der Waals surface area (Å²) in [5.41, 5.74) is 7.24. The summed E-state index contributed by atoms with van der Waals surface area (Å²) >= 11 is 0. The number of hydrogen-bond donors (Lipinski definition) is 0. The monoisotopic (exact) mass is 529 g/mol. The fourth-order valence-corrected chi connectivity index (χ4v) is 9.39. The van der Waals surface area contributed by atoms with E-state index in [1.807, 2.05) is 49.3 Å². The van der Waals surface area contributed by atoms with Crippen LogP contribution in [-0.2, 0) is 10.0 Å². The van der Waals surface area contributed by atoms with Crippen molar-refractivity contribution in [3.8, 4) is 5.75 Å². The quantitative estimate of drug-likeness (QED) is 0.341. The maximum atomic E-state index is 14.6. The zero-order valence-corrected chi connectivity index (χ0v) is 24.2. The van der Waals surface area contributed by atoms with E-state index >= 15 is 0 Å². The number of hydrogen-bond acceptors (Lipinski definition) is 3. The Balaban J connectivity index is 1.72. The predicted molar refractivity (Wildman–Crippen MR) is 155 cm³/mol. The molecular weight excluding hydrogens is 490 g/mol. The van der Waals surface area contributed by atoms with Gasteiger partial charge in [-0.2, -0.15) is 4.31 Å². The molecule has 5 atom stereocenters. The largest absolute Gasteiger partial charge is 0.497 e. The summed E-state index contributed by atoms with van der Waals surface area (Å²) in [4.78, 5) is 0.455. The van der Waals surface area contributed by atoms with Crippen LogP contribution in [0.5, 0.6) is 5.75 Å². The summed E-state index contributed by atoms with van der Waals surface area (Å²) in [6.07, 6.45) is 0.893. The second-order valence-electron chi connectivity index (χ2n) is 11.2. The van der Waals surface area contributed by atoms with Gasteiger partial charge in [-0.15, -0.1) is 0 Å². The Morgan fingerprint density at radius 1 is 1.03 bits per heavy atom. The highest BCUT2D eigenvalue weighted by molar-refractivity contribution is 7.89. The Morgan fingerprint density at radius 2 is 1.68 bits per heavy atom. The van der Waals surface area contributed by atoms with Gasteiger partial charge in [0.25, 0.3) is 0 Å². The van der Waals surface area contributed by atoms with Crippen molar-refractivity contribution >= 4 is 15.6 Å². The van der Waals surface area contributed by atoms with Crippen molar-refractivity contribution < 1.29 is 13.2 Å². The van der Waals surface area contributed by atoms with Crippen LogP contribution in [-0.4, -0.2) is 32.4 Å². The molecule has 5 rings (SSSR count). The van der Waals surface area contributed by atoms with Crippen molar-refractivity contribution in [2.75, 3.05) is 13.7 Å². The molecule has 38 heavy (non-hydrogen) atoms. The van der Waals surface area contributed by atoms with Crippen LogP contribution in [0.4, 0.5) is 0 Å². The lowest BCUT2D eigenvalue weighted by Gasteiger charge is -2.40. The normalized spacial score (nSPS) is 24.1. The molecule has 2 aliphatic rings. The third kappa shape index (κ3) is 4.20. The minimum Gasteiger partial charge on any atom is -0.497 e. The van der Waals surface area contributed by atoms with Gasteiger partial charge in [0.05, 0.1) is 12.0 Å². The smallest absolute Gasteiger partial charge is 0.243 e. The van der Waals surface area contributed by atoms with E-state index in [1.54, 1.807) is 7.11 Å². The van der Waals surface area contributed by atoms with E-state index in [0.717, 1.165) is 40.0 Å². The van der Waals surface area contributed by atoms with Gasteiger partial charge in [0.15, 0.2) is 0 Å². The number of fused-ring (bicyclic) bond motifs is 2. The molecule has 5 heteroatoms. The first-order valence-corrected chi connectivity index (χ1v) is 15.1. The average Bonchev–Trinajstić information content (AvgIpc) is 3.29. The number of methoxy groups -OCH3 is 1. The van der Waals surface area contributed by atoms with Crippen LogP contribution >= 0.6 is 0 Å². The highest BCUT2D eigenvalue weighted by atomic mass is 32.2. The lowest BCUT2D eigenvalue weighted by Crippen LogP contribution is -2.42. The van der Waals surface area contributed by atoms with Gasteiger partial charge in [0.1, 0.15) is 5.75 Å². The van der Waals surface area contributed by atoms with Gasteiger partial charge in [-0.3, -0.25) is 0 Å². The van der Waals surface area contributed by atoms with Gasteiger partial charge >= 0.3 is 0 Å². The molecule has 0 saturated carbocycles. The van der Waals surface area contributed by atoms with Crippen molar-refractivity contribution in [3.05, 3.63) is 101 Å². The van der Waals surface area contributed by atoms with Crippen molar-refractivity contribution in [3.63, 3.8) is 0 Å². The molecular formula is C33H39NO3S. The fraction of sp³-hybridized carbons (Fsp3) is 0.394. The molecule has 0 amide bonds. The summed E-state index contributed by atoms with van der Waals surface area (Å²) in [6, 6.07) is 20.5. The van der Waals surface area contributed by atoms with Crippen LogP contribution in [0.2, 0.25) is 0 Å². The molecule has 3 aromatic rings. The highest BCUT2D eigenvalue weighted by Gasteiger charge is 2.55. The Morgan fingerprint density at radius 3 is 2.29 bits per heavy atom. The summed E-state index contributed by atoms with van der Waals surface area (Å²) in [7, 11) is -2.05. The Labute approximate surface area is 228 Å². The second-order valence-corrected chi connectivity index (χ2v) is 13.1. The Bertz CT molecular complexity index is 1450. The van der Waals surface area contributed by atoms with E-state index in [1.165, 1.54) is 11.1 Å². The molecule has 200 valence electrons. The molecule has 0 radical (unpaired) electrons. The molecule has 0 bridgehead atoms. The van der Waals surface area contributed by atoms with Gasteiger partial charge in [-0.05, 0) is 78.1 Å². The maximum absolute atomic E-state index is 14.6. The van der Waals surface area contributed by atoms with Crippen molar-refractivity contribution in [1.29, 1.82) is 0 Å². The SMILES string of the molecule is C=C1c2ccc(OC)cc2[C@H](c2ccccc2)[C@H]2CN(S(=O)(=O)c3c(C)cc(C)cc3C)[C@@H]([C@@H](C)CC)[C@H]12. The lowest BCUT2D eigenvalue weighted by atomic mass is 9.63. The average molecular weight is 530 g/mol. The number of rotatable bonds is 6. The topological polar surface area (TPSA) is 46.6 Å². The minimum atomic E-state index is -3.74. The van der Waals surface area contributed by atoms with E-state index in [0.29, 0.717) is 11.4 Å². The van der Waals surface area contributed by atoms with E-state index in [9.17, 15) is 8.42 Å². The predicted octanol–water partition coefficient (Wildman–Crippen LogP) is 7.13. The van der Waals surface area contributed by atoms with E-state index in [-0.39, 0.29) is 29.7 Å². The molecule has 3 aromatic carbocycles. The maximum Gasteiger partial charge on any atom is 0.243 e. The minimum absolute atomic E-state index is 0.0249. The van der Waals surface area contributed by atoms with Crippen LogP contribution in [0.15, 0.2) is 72.1 Å². The standard InChI is InChI=1S/C33H39NO3S/c1-8-21(3)32-30-24(6)27-15-14-26(37-7)18-28(27)31(25-12-10-9-11-13-25)29(30)19-34(32)38(35,36)33-22(4)16-20(2)17-23(33)5/h9-18,21,29-32H,6,8,19H2,1-5,7H3/t21-,29-,30+,31-,32-/m0/s1. The van der Waals surface area contributed by atoms with E-state index < -0.39 is 10.0 Å². The van der Waals surface area contributed by atoms with Gasteiger partial charge < -0.3 is 4.74 Å². The molecule has 1 heterocycles. The second kappa shape index (κ2) is 10.0. The number of aryl methyl sites for hydroxylation is 3. The third-order valence-corrected chi connectivity index (χ3v) is 11.0. The molecule has 1 fully saturated rings. The Kier molecular flexibility index (Phi) is 7.04. The Hall–Kier alpha value is -2.89. The van der Waals surface area contributed by atoms with Crippen LogP contribution in [0, 0.1) is 38.5 Å². The number of ether oxygens (including phenoxy) is 1. The number of benzene rings is 3. The molecule has 0 spiro atoms.